The van der Waals surface area contributed by atoms with Crippen molar-refractivity contribution >= 4 is 5.69 Å². The highest BCUT2D eigenvalue weighted by Gasteiger charge is 2.22. The van der Waals surface area contributed by atoms with E-state index in [1.165, 1.54) is 0 Å². The van der Waals surface area contributed by atoms with Gasteiger partial charge in [-0.05, 0) is 44.5 Å². The van der Waals surface area contributed by atoms with Gasteiger partial charge < -0.3 is 19.9 Å². The summed E-state index contributed by atoms with van der Waals surface area (Å²) in [6, 6.07) is 7.60. The van der Waals surface area contributed by atoms with Gasteiger partial charge >= 0.3 is 0 Å². The topological polar surface area (TPSA) is 50.7 Å². The third-order valence-corrected chi connectivity index (χ3v) is 2.97. The molecule has 4 nitrogen and oxygen atoms in total. The van der Waals surface area contributed by atoms with Gasteiger partial charge in [-0.2, -0.15) is 0 Å². The number of ether oxygens (including phenoxy) is 2. The van der Waals surface area contributed by atoms with Crippen LogP contribution in [0.2, 0.25) is 0 Å². The molecule has 0 aliphatic heterocycles. The van der Waals surface area contributed by atoms with Gasteiger partial charge in [-0.25, -0.2) is 0 Å². The third kappa shape index (κ3) is 4.55. The molecule has 1 aromatic carbocycles. The largest absolute Gasteiger partial charge is 0.497 e. The number of aliphatic hydroxyl groups is 1. The molecule has 0 spiro atoms. The normalized spacial score (nSPS) is 13.2. The highest BCUT2D eigenvalue weighted by molar-refractivity contribution is 5.47. The summed E-state index contributed by atoms with van der Waals surface area (Å²) in [5.41, 5.74) is 0.703. The van der Waals surface area contributed by atoms with Gasteiger partial charge in [0.15, 0.2) is 0 Å². The Bertz CT molecular complexity index is 349. The second-order valence-corrected chi connectivity index (χ2v) is 4.92. The van der Waals surface area contributed by atoms with Crippen molar-refractivity contribution in [2.45, 2.75) is 31.9 Å². The lowest BCUT2D eigenvalue weighted by atomic mass is 9.99. The summed E-state index contributed by atoms with van der Waals surface area (Å²) in [5.74, 6) is 0.818. The van der Waals surface area contributed by atoms with Crippen LogP contribution in [0.3, 0.4) is 0 Å². The Morgan fingerprint density at radius 1 is 1.22 bits per heavy atom. The van der Waals surface area contributed by atoms with E-state index >= 15 is 0 Å². The van der Waals surface area contributed by atoms with Crippen molar-refractivity contribution in [3.63, 3.8) is 0 Å². The van der Waals surface area contributed by atoms with Crippen LogP contribution >= 0.6 is 0 Å². The third-order valence-electron chi connectivity index (χ3n) is 2.97. The molecule has 0 saturated carbocycles. The minimum atomic E-state index is -0.257. The number of hydrogen-bond donors (Lipinski definition) is 2. The number of benzene rings is 1. The monoisotopic (exact) mass is 253 g/mol. The molecule has 2 N–H and O–H groups in total. The lowest BCUT2D eigenvalue weighted by molar-refractivity contribution is 0.00748. The standard InChI is InChI=1S/C14H23NO3/c1-14(2,18-4)9-12(10-16)15-11-5-7-13(17-3)8-6-11/h5-8,12,15-16H,9-10H2,1-4H3. The molecule has 0 saturated heterocycles. The summed E-state index contributed by atoms with van der Waals surface area (Å²) >= 11 is 0. The number of nitrogens with one attached hydrogen (secondary N) is 1. The lowest BCUT2D eigenvalue weighted by Crippen LogP contribution is -2.35. The number of rotatable bonds is 7. The van der Waals surface area contributed by atoms with Crippen molar-refractivity contribution in [2.75, 3.05) is 26.1 Å². The van der Waals surface area contributed by atoms with E-state index in [0.717, 1.165) is 17.9 Å². The first kappa shape index (κ1) is 14.8. The lowest BCUT2D eigenvalue weighted by Gasteiger charge is -2.28. The number of anilines is 1. The maximum Gasteiger partial charge on any atom is 0.119 e. The van der Waals surface area contributed by atoms with Gasteiger partial charge in [0, 0.05) is 12.8 Å². The molecule has 18 heavy (non-hydrogen) atoms. The van der Waals surface area contributed by atoms with E-state index in [4.69, 9.17) is 9.47 Å². The SMILES string of the molecule is COc1ccc(NC(CO)CC(C)(C)OC)cc1. The van der Waals surface area contributed by atoms with Crippen molar-refractivity contribution in [2.24, 2.45) is 0 Å². The van der Waals surface area contributed by atoms with Crippen LogP contribution in [-0.2, 0) is 4.74 Å². The Morgan fingerprint density at radius 2 is 1.83 bits per heavy atom. The predicted octanol–water partition coefficient (Wildman–Crippen LogP) is 2.28. The fourth-order valence-corrected chi connectivity index (χ4v) is 1.76. The predicted molar refractivity (Wildman–Crippen MR) is 73.2 cm³/mol. The Balaban J connectivity index is 2.62. The van der Waals surface area contributed by atoms with Crippen molar-refractivity contribution in [3.05, 3.63) is 24.3 Å². The smallest absolute Gasteiger partial charge is 0.119 e. The summed E-state index contributed by atoms with van der Waals surface area (Å²) < 4.78 is 10.5. The van der Waals surface area contributed by atoms with E-state index in [9.17, 15) is 5.11 Å². The van der Waals surface area contributed by atoms with Crippen LogP contribution in [0.15, 0.2) is 24.3 Å². The molecule has 0 radical (unpaired) electrons. The quantitative estimate of drug-likeness (QED) is 0.782. The van der Waals surface area contributed by atoms with E-state index in [1.54, 1.807) is 14.2 Å². The maximum absolute atomic E-state index is 9.40. The zero-order valence-corrected chi connectivity index (χ0v) is 11.6. The number of hydrogen-bond acceptors (Lipinski definition) is 4. The fourth-order valence-electron chi connectivity index (χ4n) is 1.76. The van der Waals surface area contributed by atoms with Gasteiger partial charge in [0.2, 0.25) is 0 Å². The van der Waals surface area contributed by atoms with Gasteiger partial charge in [0.05, 0.1) is 25.4 Å². The molecule has 102 valence electrons. The zero-order chi connectivity index (χ0) is 13.6. The Morgan fingerprint density at radius 3 is 2.28 bits per heavy atom. The highest BCUT2D eigenvalue weighted by atomic mass is 16.5. The van der Waals surface area contributed by atoms with Gasteiger partial charge in [0.25, 0.3) is 0 Å². The van der Waals surface area contributed by atoms with Crippen LogP contribution in [0, 0.1) is 0 Å². The second-order valence-electron chi connectivity index (χ2n) is 4.92. The minimum absolute atomic E-state index is 0.0339. The van der Waals surface area contributed by atoms with Crippen LogP contribution in [0.25, 0.3) is 0 Å². The fraction of sp³-hybridized carbons (Fsp3) is 0.571. The average Bonchev–Trinajstić information content (AvgIpc) is 2.38. The number of methoxy groups -OCH3 is 2. The van der Waals surface area contributed by atoms with E-state index < -0.39 is 0 Å². The van der Waals surface area contributed by atoms with Gasteiger partial charge in [-0.3, -0.25) is 0 Å². The molecule has 0 aliphatic rings. The first-order valence-corrected chi connectivity index (χ1v) is 6.07. The van der Waals surface area contributed by atoms with Crippen molar-refractivity contribution in [1.82, 2.24) is 0 Å². The van der Waals surface area contributed by atoms with Gasteiger partial charge in [0.1, 0.15) is 5.75 Å². The summed E-state index contributed by atoms with van der Waals surface area (Å²) in [6.45, 7) is 4.08. The first-order valence-electron chi connectivity index (χ1n) is 6.07. The van der Waals surface area contributed by atoms with Crippen LogP contribution < -0.4 is 10.1 Å². The van der Waals surface area contributed by atoms with Crippen molar-refractivity contribution in [1.29, 1.82) is 0 Å². The minimum Gasteiger partial charge on any atom is -0.497 e. The van der Waals surface area contributed by atoms with E-state index in [-0.39, 0.29) is 18.2 Å². The Hall–Kier alpha value is -1.26. The molecule has 0 aromatic heterocycles. The molecule has 0 bridgehead atoms. The molecule has 0 fully saturated rings. The first-order chi connectivity index (χ1) is 8.50. The zero-order valence-electron chi connectivity index (χ0n) is 11.6. The molecule has 0 heterocycles. The van der Waals surface area contributed by atoms with Crippen LogP contribution in [-0.4, -0.2) is 37.6 Å². The molecule has 1 aromatic rings. The maximum atomic E-state index is 9.40. The number of aliphatic hydroxyl groups excluding tert-OH is 1. The van der Waals surface area contributed by atoms with E-state index in [2.05, 4.69) is 5.32 Å². The van der Waals surface area contributed by atoms with Crippen LogP contribution in [0.1, 0.15) is 20.3 Å². The molecule has 1 unspecified atom stereocenters. The van der Waals surface area contributed by atoms with Crippen LogP contribution in [0.5, 0.6) is 5.75 Å². The Kier molecular flexibility index (Phi) is 5.44. The highest BCUT2D eigenvalue weighted by Crippen LogP contribution is 2.20. The second kappa shape index (κ2) is 6.61. The van der Waals surface area contributed by atoms with Gasteiger partial charge in [-0.1, -0.05) is 0 Å². The van der Waals surface area contributed by atoms with Gasteiger partial charge in [-0.15, -0.1) is 0 Å². The van der Waals surface area contributed by atoms with E-state index in [1.807, 2.05) is 38.1 Å². The molecule has 0 amide bonds. The molecule has 1 rings (SSSR count). The summed E-state index contributed by atoms with van der Waals surface area (Å²) in [7, 11) is 3.32. The summed E-state index contributed by atoms with van der Waals surface area (Å²) in [5, 5.41) is 12.7. The molecule has 0 aliphatic carbocycles. The van der Waals surface area contributed by atoms with E-state index in [0.29, 0.717) is 0 Å². The molecule has 1 atom stereocenters. The average molecular weight is 253 g/mol. The molecular formula is C14H23NO3. The summed E-state index contributed by atoms with van der Waals surface area (Å²) in [4.78, 5) is 0. The molecule has 4 heteroatoms. The van der Waals surface area contributed by atoms with Crippen LogP contribution in [0.4, 0.5) is 5.69 Å². The molecular weight excluding hydrogens is 230 g/mol. The van der Waals surface area contributed by atoms with Crippen molar-refractivity contribution in [3.8, 4) is 5.75 Å². The van der Waals surface area contributed by atoms with Crippen molar-refractivity contribution < 1.29 is 14.6 Å². The summed E-state index contributed by atoms with van der Waals surface area (Å²) in [6.07, 6.45) is 0.728. The Labute approximate surface area is 109 Å².